The first-order valence-corrected chi connectivity index (χ1v) is 10.1. The second-order valence-electron chi connectivity index (χ2n) is 8.08. The Labute approximate surface area is 178 Å². The first kappa shape index (κ1) is 19.0. The number of anilines is 1. The number of aryl methyl sites for hydroxylation is 2. The van der Waals surface area contributed by atoms with E-state index in [1.54, 1.807) is 34.8 Å². The number of nitrogens with two attached hydrogens (primary N) is 1. The van der Waals surface area contributed by atoms with Crippen LogP contribution in [0.5, 0.6) is 0 Å². The van der Waals surface area contributed by atoms with Crippen molar-refractivity contribution in [1.82, 2.24) is 28.9 Å². The van der Waals surface area contributed by atoms with Crippen molar-refractivity contribution in [1.29, 1.82) is 0 Å². The number of aromatic nitrogens is 6. The fraction of sp³-hybridized carbons (Fsp3) is 0.217. The van der Waals surface area contributed by atoms with Crippen LogP contribution in [0.15, 0.2) is 53.8 Å². The van der Waals surface area contributed by atoms with E-state index in [0.29, 0.717) is 5.69 Å². The van der Waals surface area contributed by atoms with E-state index in [0.717, 1.165) is 44.4 Å². The van der Waals surface area contributed by atoms with Gasteiger partial charge in [-0.15, -0.1) is 0 Å². The summed E-state index contributed by atoms with van der Waals surface area (Å²) in [5.74, 6) is 0. The van der Waals surface area contributed by atoms with E-state index < -0.39 is 0 Å². The Morgan fingerprint density at radius 3 is 2.58 bits per heavy atom. The van der Waals surface area contributed by atoms with Crippen molar-refractivity contribution in [3.8, 4) is 16.8 Å². The lowest BCUT2D eigenvalue weighted by Crippen LogP contribution is -2.21. The van der Waals surface area contributed by atoms with Crippen molar-refractivity contribution in [2.75, 3.05) is 5.73 Å². The molecule has 0 saturated carbocycles. The summed E-state index contributed by atoms with van der Waals surface area (Å²) in [6, 6.07) is 8.07. The second kappa shape index (κ2) is 6.80. The molecule has 156 valence electrons. The van der Waals surface area contributed by atoms with Gasteiger partial charge in [-0.25, -0.2) is 4.79 Å². The molecule has 0 fully saturated rings. The average molecular weight is 413 g/mol. The summed E-state index contributed by atoms with van der Waals surface area (Å²) in [4.78, 5) is 22.1. The molecule has 8 nitrogen and oxygen atoms in total. The molecule has 2 N–H and O–H groups in total. The average Bonchev–Trinajstić information content (AvgIpc) is 3.25. The van der Waals surface area contributed by atoms with Gasteiger partial charge in [-0.2, -0.15) is 5.10 Å². The van der Waals surface area contributed by atoms with E-state index in [2.05, 4.69) is 28.9 Å². The zero-order valence-corrected chi connectivity index (χ0v) is 17.9. The minimum Gasteiger partial charge on any atom is -0.397 e. The van der Waals surface area contributed by atoms with Crippen LogP contribution in [0.1, 0.15) is 25.6 Å². The van der Waals surface area contributed by atoms with E-state index in [-0.39, 0.29) is 11.7 Å². The molecule has 1 aromatic carbocycles. The molecule has 0 unspecified atom stereocenters. The lowest BCUT2D eigenvalue weighted by atomic mass is 10.0. The molecule has 0 aliphatic heterocycles. The zero-order valence-electron chi connectivity index (χ0n) is 17.9. The Bertz CT molecular complexity index is 1520. The number of fused-ring (bicyclic) bond motifs is 3. The lowest BCUT2D eigenvalue weighted by molar-refractivity contribution is 0.529. The number of benzene rings is 1. The summed E-state index contributed by atoms with van der Waals surface area (Å²) in [5, 5.41) is 5.49. The van der Waals surface area contributed by atoms with E-state index in [4.69, 9.17) is 5.73 Å². The van der Waals surface area contributed by atoms with Crippen LogP contribution in [0.2, 0.25) is 0 Å². The molecule has 31 heavy (non-hydrogen) atoms. The van der Waals surface area contributed by atoms with E-state index in [1.165, 1.54) is 0 Å². The van der Waals surface area contributed by atoms with Gasteiger partial charge in [-0.3, -0.25) is 23.8 Å². The van der Waals surface area contributed by atoms with Crippen molar-refractivity contribution in [2.45, 2.75) is 26.8 Å². The third-order valence-electron chi connectivity index (χ3n) is 5.64. The molecule has 0 aliphatic rings. The minimum absolute atomic E-state index is 0.133. The van der Waals surface area contributed by atoms with Gasteiger partial charge in [0.15, 0.2) is 0 Å². The number of nitrogen functional groups attached to an aromatic ring is 1. The molecule has 0 aliphatic carbocycles. The molecule has 5 rings (SSSR count). The van der Waals surface area contributed by atoms with Gasteiger partial charge in [-0.05, 0) is 44.5 Å². The smallest absolute Gasteiger partial charge is 0.333 e. The molecule has 4 aromatic heterocycles. The van der Waals surface area contributed by atoms with Crippen LogP contribution in [0.4, 0.5) is 5.69 Å². The highest BCUT2D eigenvalue weighted by molar-refractivity contribution is 6.04. The molecule has 8 heteroatoms. The van der Waals surface area contributed by atoms with Crippen LogP contribution < -0.4 is 11.4 Å². The standard InChI is InChI=1S/C23H23N7O/c1-13(2)29-12-21(14(3)27-29)30-22-18-8-15(16-7-17(24)10-25-9-16)5-6-19(18)26-11-20(22)28(4)23(30)31/h5-13H,24H2,1-4H3. The number of nitrogens with zero attached hydrogens (tertiary/aromatic N) is 6. The Kier molecular flexibility index (Phi) is 4.18. The fourth-order valence-corrected chi connectivity index (χ4v) is 3.97. The van der Waals surface area contributed by atoms with E-state index >= 15 is 0 Å². The van der Waals surface area contributed by atoms with Gasteiger partial charge < -0.3 is 5.73 Å². The van der Waals surface area contributed by atoms with Crippen LogP contribution in [0, 0.1) is 6.92 Å². The van der Waals surface area contributed by atoms with E-state index in [9.17, 15) is 4.79 Å². The van der Waals surface area contributed by atoms with Gasteiger partial charge in [0, 0.05) is 42.6 Å². The maximum atomic E-state index is 13.3. The molecule has 0 saturated heterocycles. The molecule has 5 aromatic rings. The summed E-state index contributed by atoms with van der Waals surface area (Å²) in [6.45, 7) is 6.05. The number of imidazole rings is 1. The molecule has 0 radical (unpaired) electrons. The monoisotopic (exact) mass is 413 g/mol. The van der Waals surface area contributed by atoms with Gasteiger partial charge in [0.25, 0.3) is 0 Å². The molecule has 0 spiro atoms. The summed E-state index contributed by atoms with van der Waals surface area (Å²) in [5.41, 5.74) is 12.2. The second-order valence-corrected chi connectivity index (χ2v) is 8.08. The minimum atomic E-state index is -0.133. The molecule has 0 bridgehead atoms. The fourth-order valence-electron chi connectivity index (χ4n) is 3.97. The van der Waals surface area contributed by atoms with Gasteiger partial charge in [0.2, 0.25) is 0 Å². The largest absolute Gasteiger partial charge is 0.397 e. The highest BCUT2D eigenvalue weighted by atomic mass is 16.1. The van der Waals surface area contributed by atoms with Crippen LogP contribution >= 0.6 is 0 Å². The zero-order chi connectivity index (χ0) is 21.9. The lowest BCUT2D eigenvalue weighted by Gasteiger charge is -2.08. The highest BCUT2D eigenvalue weighted by Crippen LogP contribution is 2.30. The maximum Gasteiger partial charge on any atom is 0.333 e. The predicted molar refractivity (Wildman–Crippen MR) is 122 cm³/mol. The highest BCUT2D eigenvalue weighted by Gasteiger charge is 2.20. The number of rotatable bonds is 3. The number of pyridine rings is 2. The Balaban J connectivity index is 1.87. The van der Waals surface area contributed by atoms with Crippen molar-refractivity contribution in [3.63, 3.8) is 0 Å². The molecule has 4 heterocycles. The van der Waals surface area contributed by atoms with Gasteiger partial charge in [0.1, 0.15) is 0 Å². The van der Waals surface area contributed by atoms with E-state index in [1.807, 2.05) is 42.1 Å². The summed E-state index contributed by atoms with van der Waals surface area (Å²) >= 11 is 0. The quantitative estimate of drug-likeness (QED) is 0.487. The third-order valence-corrected chi connectivity index (χ3v) is 5.64. The van der Waals surface area contributed by atoms with Crippen molar-refractivity contribution in [3.05, 3.63) is 65.2 Å². The van der Waals surface area contributed by atoms with Crippen LogP contribution in [-0.2, 0) is 7.05 Å². The maximum absolute atomic E-state index is 13.3. The predicted octanol–water partition coefficient (Wildman–Crippen LogP) is 3.61. The van der Waals surface area contributed by atoms with Crippen LogP contribution in [0.25, 0.3) is 38.8 Å². The Morgan fingerprint density at radius 2 is 1.87 bits per heavy atom. The van der Waals surface area contributed by atoms with Gasteiger partial charge in [-0.1, -0.05) is 6.07 Å². The van der Waals surface area contributed by atoms with Crippen molar-refractivity contribution < 1.29 is 0 Å². The topological polar surface area (TPSA) is 96.5 Å². The van der Waals surface area contributed by atoms with Crippen LogP contribution in [0.3, 0.4) is 0 Å². The number of hydrogen-bond donors (Lipinski definition) is 1. The van der Waals surface area contributed by atoms with Gasteiger partial charge >= 0.3 is 5.69 Å². The first-order valence-electron chi connectivity index (χ1n) is 10.1. The molecule has 0 amide bonds. The first-order chi connectivity index (χ1) is 14.8. The SMILES string of the molecule is Cc1nn(C(C)C)cc1-n1c(=O)n(C)c2cnc3ccc(-c4cncc(N)c4)cc3c21. The van der Waals surface area contributed by atoms with Crippen molar-refractivity contribution >= 4 is 27.6 Å². The summed E-state index contributed by atoms with van der Waals surface area (Å²) in [6.07, 6.45) is 7.08. The molecular weight excluding hydrogens is 390 g/mol. The Hall–Kier alpha value is -3.94. The van der Waals surface area contributed by atoms with Crippen molar-refractivity contribution in [2.24, 2.45) is 7.05 Å². The molecule has 0 atom stereocenters. The normalized spacial score (nSPS) is 11.8. The van der Waals surface area contributed by atoms with Gasteiger partial charge in [0.05, 0.1) is 39.8 Å². The number of hydrogen-bond acceptors (Lipinski definition) is 5. The summed E-state index contributed by atoms with van der Waals surface area (Å²) < 4.78 is 5.24. The molecular formula is C23H23N7O. The van der Waals surface area contributed by atoms with Crippen LogP contribution in [-0.4, -0.2) is 28.9 Å². The summed E-state index contributed by atoms with van der Waals surface area (Å²) in [7, 11) is 1.77. The Morgan fingerprint density at radius 1 is 1.06 bits per heavy atom. The third kappa shape index (κ3) is 2.91.